The second-order valence-corrected chi connectivity index (χ2v) is 6.14. The van der Waals surface area contributed by atoms with Crippen LogP contribution in [0.1, 0.15) is 15.4 Å². The maximum Gasteiger partial charge on any atom is 0.365 e. The summed E-state index contributed by atoms with van der Waals surface area (Å²) < 4.78 is 0. The molecule has 0 amide bonds. The Morgan fingerprint density at radius 1 is 1.17 bits per heavy atom. The Kier molecular flexibility index (Phi) is 4.11. The van der Waals surface area contributed by atoms with Crippen LogP contribution in [0, 0.1) is 11.3 Å². The second-order valence-electron chi connectivity index (χ2n) is 4.70. The smallest absolute Gasteiger partial charge is 0.365 e. The molecule has 23 heavy (non-hydrogen) atoms. The van der Waals surface area contributed by atoms with Gasteiger partial charge in [0.05, 0.1) is 22.2 Å². The van der Waals surface area contributed by atoms with Gasteiger partial charge in [-0.2, -0.15) is 5.26 Å². The van der Waals surface area contributed by atoms with Crippen molar-refractivity contribution in [3.63, 3.8) is 0 Å². The van der Waals surface area contributed by atoms with Crippen molar-refractivity contribution >= 4 is 28.9 Å². The van der Waals surface area contributed by atoms with E-state index in [-0.39, 0.29) is 5.01 Å². The van der Waals surface area contributed by atoms with Crippen LogP contribution in [0.3, 0.4) is 0 Å². The van der Waals surface area contributed by atoms with E-state index in [0.29, 0.717) is 26.7 Å². The van der Waals surface area contributed by atoms with E-state index in [9.17, 15) is 9.90 Å². The summed E-state index contributed by atoms with van der Waals surface area (Å²) in [6.45, 7) is 0. The van der Waals surface area contributed by atoms with Crippen molar-refractivity contribution in [2.75, 3.05) is 0 Å². The fourth-order valence-electron chi connectivity index (χ4n) is 2.17. The lowest BCUT2D eigenvalue weighted by Gasteiger charge is -2.04. The van der Waals surface area contributed by atoms with Crippen LogP contribution in [-0.4, -0.2) is 16.1 Å². The van der Waals surface area contributed by atoms with Crippen LogP contribution in [0.25, 0.3) is 21.7 Å². The van der Waals surface area contributed by atoms with Gasteiger partial charge in [0.2, 0.25) is 5.01 Å². The van der Waals surface area contributed by atoms with E-state index in [0.717, 1.165) is 16.9 Å². The average Bonchev–Trinajstić information content (AvgIpc) is 3.00. The van der Waals surface area contributed by atoms with Crippen LogP contribution in [0.4, 0.5) is 0 Å². The molecule has 1 aromatic heterocycles. The normalized spacial score (nSPS) is 10.3. The van der Waals surface area contributed by atoms with Gasteiger partial charge in [0.25, 0.3) is 0 Å². The Balaban J connectivity index is 2.23. The third kappa shape index (κ3) is 3.09. The van der Waals surface area contributed by atoms with Crippen LogP contribution in [0.15, 0.2) is 48.5 Å². The van der Waals surface area contributed by atoms with Gasteiger partial charge in [-0.05, 0) is 29.8 Å². The molecule has 0 aliphatic heterocycles. The number of nitriles is 1. The maximum absolute atomic E-state index is 11.3. The minimum absolute atomic E-state index is 0.00247. The van der Waals surface area contributed by atoms with E-state index in [1.54, 1.807) is 42.5 Å². The molecule has 0 unspecified atom stereocenters. The number of hydrogen-bond acceptors (Lipinski definition) is 4. The lowest BCUT2D eigenvalue weighted by molar-refractivity contribution is 0.0696. The molecule has 0 fully saturated rings. The topological polar surface area (TPSA) is 74.0 Å². The summed E-state index contributed by atoms with van der Waals surface area (Å²) in [6, 6.07) is 16.2. The van der Waals surface area contributed by atoms with Gasteiger partial charge in [-0.25, -0.2) is 9.78 Å². The van der Waals surface area contributed by atoms with Gasteiger partial charge in [-0.15, -0.1) is 11.3 Å². The van der Waals surface area contributed by atoms with Gasteiger partial charge >= 0.3 is 5.97 Å². The summed E-state index contributed by atoms with van der Waals surface area (Å²) >= 11 is 7.12. The number of rotatable bonds is 3. The predicted octanol–water partition coefficient (Wildman–Crippen LogP) is 4.70. The Bertz CT molecular complexity index is 944. The van der Waals surface area contributed by atoms with Crippen LogP contribution in [-0.2, 0) is 0 Å². The van der Waals surface area contributed by atoms with Crippen molar-refractivity contribution in [2.24, 2.45) is 0 Å². The van der Waals surface area contributed by atoms with Crippen molar-refractivity contribution in [1.29, 1.82) is 5.26 Å². The highest BCUT2D eigenvalue weighted by Gasteiger charge is 2.19. The number of halogens is 1. The molecule has 6 heteroatoms. The maximum atomic E-state index is 11.3. The molecule has 1 N–H and O–H groups in total. The van der Waals surface area contributed by atoms with Crippen LogP contribution in [0.2, 0.25) is 5.02 Å². The molecule has 112 valence electrons. The van der Waals surface area contributed by atoms with Crippen molar-refractivity contribution in [3.05, 3.63) is 64.1 Å². The monoisotopic (exact) mass is 340 g/mol. The number of carboxylic acid groups (broad SMARTS) is 1. The Labute approximate surface area is 141 Å². The number of benzene rings is 2. The second kappa shape index (κ2) is 6.21. The first-order valence-electron chi connectivity index (χ1n) is 6.59. The predicted molar refractivity (Wildman–Crippen MR) is 89.7 cm³/mol. The number of thiazole rings is 1. The summed E-state index contributed by atoms with van der Waals surface area (Å²) in [7, 11) is 0. The molecule has 0 radical (unpaired) electrons. The van der Waals surface area contributed by atoms with Crippen LogP contribution in [0.5, 0.6) is 0 Å². The fourth-order valence-corrected chi connectivity index (χ4v) is 3.28. The molecule has 0 saturated heterocycles. The van der Waals surface area contributed by atoms with Gasteiger partial charge in [0.1, 0.15) is 0 Å². The zero-order valence-electron chi connectivity index (χ0n) is 11.7. The summed E-state index contributed by atoms with van der Waals surface area (Å²) in [5.41, 5.74) is 2.51. The summed E-state index contributed by atoms with van der Waals surface area (Å²) in [4.78, 5) is 16.2. The highest BCUT2D eigenvalue weighted by atomic mass is 35.5. The first-order chi connectivity index (χ1) is 11.1. The zero-order valence-corrected chi connectivity index (χ0v) is 13.2. The molecular weight excluding hydrogens is 332 g/mol. The SMILES string of the molecule is N#Cc1cccc(-c2nc(C(=O)O)sc2-c2cccc(Cl)c2)c1. The van der Waals surface area contributed by atoms with E-state index in [1.165, 1.54) is 0 Å². The number of hydrogen-bond donors (Lipinski definition) is 1. The van der Waals surface area contributed by atoms with E-state index >= 15 is 0 Å². The molecule has 0 saturated carbocycles. The third-order valence-electron chi connectivity index (χ3n) is 3.16. The molecule has 4 nitrogen and oxygen atoms in total. The van der Waals surface area contributed by atoms with E-state index in [1.807, 2.05) is 6.07 Å². The van der Waals surface area contributed by atoms with E-state index < -0.39 is 5.97 Å². The number of aromatic nitrogens is 1. The van der Waals surface area contributed by atoms with Crippen molar-refractivity contribution < 1.29 is 9.90 Å². The lowest BCUT2D eigenvalue weighted by Crippen LogP contribution is -1.94. The molecule has 0 atom stereocenters. The Morgan fingerprint density at radius 2 is 1.91 bits per heavy atom. The Hall–Kier alpha value is -2.68. The number of carbonyl (C=O) groups is 1. The van der Waals surface area contributed by atoms with Gasteiger partial charge in [0, 0.05) is 10.6 Å². The molecule has 1 heterocycles. The number of nitrogens with zero attached hydrogens (tertiary/aromatic N) is 2. The van der Waals surface area contributed by atoms with Crippen molar-refractivity contribution in [1.82, 2.24) is 4.98 Å². The van der Waals surface area contributed by atoms with Crippen molar-refractivity contribution in [2.45, 2.75) is 0 Å². The molecule has 2 aromatic carbocycles. The quantitative estimate of drug-likeness (QED) is 0.749. The van der Waals surface area contributed by atoms with Gasteiger partial charge in [0.15, 0.2) is 0 Å². The molecule has 3 rings (SSSR count). The fraction of sp³-hybridized carbons (Fsp3) is 0. The highest BCUT2D eigenvalue weighted by molar-refractivity contribution is 7.17. The molecule has 0 spiro atoms. The zero-order chi connectivity index (χ0) is 16.4. The molecule has 3 aromatic rings. The standard InChI is InChI=1S/C17H9ClN2O2S/c18-13-6-2-5-12(8-13)15-14(20-16(23-15)17(21)22)11-4-1-3-10(7-11)9-19/h1-8H,(H,21,22). The van der Waals surface area contributed by atoms with Gasteiger partial charge in [-0.1, -0.05) is 35.9 Å². The molecular formula is C17H9ClN2O2S. The molecule has 0 aliphatic carbocycles. The van der Waals surface area contributed by atoms with Gasteiger partial charge < -0.3 is 5.11 Å². The van der Waals surface area contributed by atoms with Crippen molar-refractivity contribution in [3.8, 4) is 27.8 Å². The third-order valence-corrected chi connectivity index (χ3v) is 4.49. The average molecular weight is 341 g/mol. The minimum Gasteiger partial charge on any atom is -0.476 e. The number of carboxylic acids is 1. The van der Waals surface area contributed by atoms with E-state index in [4.69, 9.17) is 16.9 Å². The van der Waals surface area contributed by atoms with Crippen LogP contribution >= 0.6 is 22.9 Å². The van der Waals surface area contributed by atoms with Gasteiger partial charge in [-0.3, -0.25) is 0 Å². The Morgan fingerprint density at radius 3 is 2.61 bits per heavy atom. The largest absolute Gasteiger partial charge is 0.476 e. The summed E-state index contributed by atoms with van der Waals surface area (Å²) in [5, 5.41) is 18.8. The number of aromatic carboxylic acids is 1. The molecule has 0 bridgehead atoms. The van der Waals surface area contributed by atoms with E-state index in [2.05, 4.69) is 11.1 Å². The summed E-state index contributed by atoms with van der Waals surface area (Å²) in [6.07, 6.45) is 0. The lowest BCUT2D eigenvalue weighted by atomic mass is 10.0. The first kappa shape index (κ1) is 15.2. The minimum atomic E-state index is -1.08. The molecule has 0 aliphatic rings. The summed E-state index contributed by atoms with van der Waals surface area (Å²) in [5.74, 6) is -1.08. The highest BCUT2D eigenvalue weighted by Crippen LogP contribution is 2.37. The first-order valence-corrected chi connectivity index (χ1v) is 7.78. The van der Waals surface area contributed by atoms with Crippen LogP contribution < -0.4 is 0 Å².